The Morgan fingerprint density at radius 1 is 1.33 bits per heavy atom. The minimum absolute atomic E-state index is 0.147. The van der Waals surface area contributed by atoms with Gasteiger partial charge in [-0.25, -0.2) is 4.98 Å². The lowest BCUT2D eigenvalue weighted by Crippen LogP contribution is -2.38. The Morgan fingerprint density at radius 3 is 2.61 bits per heavy atom. The van der Waals surface area contributed by atoms with E-state index in [4.69, 9.17) is 0 Å². The van der Waals surface area contributed by atoms with Gasteiger partial charge in [-0.2, -0.15) is 0 Å². The van der Waals surface area contributed by atoms with Crippen LogP contribution in [0.5, 0.6) is 0 Å². The van der Waals surface area contributed by atoms with Crippen molar-refractivity contribution in [3.05, 3.63) is 11.6 Å². The zero-order valence-corrected chi connectivity index (χ0v) is 11.2. The molecule has 0 spiro atoms. The maximum atomic E-state index is 11.9. The minimum atomic E-state index is -0.147. The van der Waals surface area contributed by atoms with Crippen LogP contribution in [0.3, 0.4) is 0 Å². The van der Waals surface area contributed by atoms with Crippen molar-refractivity contribution in [3.63, 3.8) is 0 Å². The third kappa shape index (κ3) is 3.09. The Bertz CT molecular complexity index is 393. The third-order valence-corrected chi connectivity index (χ3v) is 3.83. The lowest BCUT2D eigenvalue weighted by atomic mass is 9.84. The summed E-state index contributed by atoms with van der Waals surface area (Å²) in [4.78, 5) is 16.1. The fourth-order valence-electron chi connectivity index (χ4n) is 2.52. The number of rotatable bonds is 4. The van der Waals surface area contributed by atoms with Crippen LogP contribution in [-0.2, 0) is 6.42 Å². The van der Waals surface area contributed by atoms with Crippen molar-refractivity contribution >= 4 is 5.91 Å². The lowest BCUT2D eigenvalue weighted by Gasteiger charge is -2.27. The average molecular weight is 250 g/mol. The lowest BCUT2D eigenvalue weighted by molar-refractivity contribution is 0.0911. The summed E-state index contributed by atoms with van der Waals surface area (Å²) in [6.45, 7) is 4.22. The maximum absolute atomic E-state index is 11.9. The average Bonchev–Trinajstić information content (AvgIpc) is 2.88. The van der Waals surface area contributed by atoms with E-state index in [0.717, 1.165) is 31.0 Å². The molecule has 0 aromatic carbocycles. The molecule has 2 N–H and O–H groups in total. The van der Waals surface area contributed by atoms with Crippen molar-refractivity contribution in [1.82, 2.24) is 20.5 Å². The summed E-state index contributed by atoms with van der Waals surface area (Å²) in [6, 6.07) is 0.295. The normalized spacial score (nSPS) is 23.9. The molecule has 1 heterocycles. The van der Waals surface area contributed by atoms with Crippen molar-refractivity contribution in [2.45, 2.75) is 58.4 Å². The molecule has 0 unspecified atom stereocenters. The van der Waals surface area contributed by atoms with Gasteiger partial charge in [0.05, 0.1) is 0 Å². The summed E-state index contributed by atoms with van der Waals surface area (Å²) in [7, 11) is 0. The number of hydrogen-bond donors (Lipinski definition) is 2. The number of nitrogens with one attached hydrogen (secondary N) is 2. The van der Waals surface area contributed by atoms with Gasteiger partial charge in [0.25, 0.3) is 5.91 Å². The zero-order chi connectivity index (χ0) is 13.0. The van der Waals surface area contributed by atoms with Gasteiger partial charge in [0.2, 0.25) is 5.82 Å². The van der Waals surface area contributed by atoms with E-state index >= 15 is 0 Å². The van der Waals surface area contributed by atoms with Crippen LogP contribution in [0, 0.1) is 5.92 Å². The van der Waals surface area contributed by atoms with Gasteiger partial charge in [0, 0.05) is 12.5 Å². The Balaban J connectivity index is 1.84. The Kier molecular flexibility index (Phi) is 4.33. The van der Waals surface area contributed by atoms with Crippen LogP contribution >= 0.6 is 0 Å². The van der Waals surface area contributed by atoms with Crippen LogP contribution in [0.25, 0.3) is 0 Å². The van der Waals surface area contributed by atoms with E-state index in [1.807, 2.05) is 6.92 Å². The second-order valence-electron chi connectivity index (χ2n) is 5.06. The number of aryl methyl sites for hydroxylation is 1. The molecule has 0 bridgehead atoms. The number of nitrogens with zero attached hydrogens (tertiary/aromatic N) is 2. The molecule has 2 rings (SSSR count). The summed E-state index contributed by atoms with van der Waals surface area (Å²) in [5.74, 6) is 1.72. The van der Waals surface area contributed by atoms with Crippen LogP contribution < -0.4 is 5.32 Å². The molecule has 1 aliphatic carbocycles. The molecule has 5 nitrogen and oxygen atoms in total. The molecule has 1 saturated carbocycles. The number of amides is 1. The van der Waals surface area contributed by atoms with E-state index < -0.39 is 0 Å². The van der Waals surface area contributed by atoms with E-state index in [2.05, 4.69) is 27.4 Å². The summed E-state index contributed by atoms with van der Waals surface area (Å²) in [6.07, 6.45) is 6.61. The molecule has 1 aliphatic rings. The van der Waals surface area contributed by atoms with Crippen LogP contribution in [0.15, 0.2) is 0 Å². The second-order valence-corrected chi connectivity index (χ2v) is 5.06. The first-order valence-electron chi connectivity index (χ1n) is 6.95. The van der Waals surface area contributed by atoms with Crippen molar-refractivity contribution in [2.24, 2.45) is 5.92 Å². The monoisotopic (exact) mass is 250 g/mol. The van der Waals surface area contributed by atoms with Gasteiger partial charge < -0.3 is 5.32 Å². The highest BCUT2D eigenvalue weighted by Crippen LogP contribution is 2.26. The van der Waals surface area contributed by atoms with Gasteiger partial charge in [-0.3, -0.25) is 9.89 Å². The molecular formula is C13H22N4O. The van der Waals surface area contributed by atoms with E-state index in [0.29, 0.717) is 6.04 Å². The van der Waals surface area contributed by atoms with Gasteiger partial charge in [-0.05, 0) is 31.6 Å². The maximum Gasteiger partial charge on any atom is 0.291 e. The van der Waals surface area contributed by atoms with Crippen LogP contribution in [-0.4, -0.2) is 27.1 Å². The summed E-state index contributed by atoms with van der Waals surface area (Å²) in [5, 5.41) is 9.74. The predicted octanol–water partition coefficient (Wildman–Crippen LogP) is 2.07. The van der Waals surface area contributed by atoms with Crippen LogP contribution in [0.2, 0.25) is 0 Å². The smallest absolute Gasteiger partial charge is 0.291 e. The van der Waals surface area contributed by atoms with E-state index in [1.54, 1.807) is 0 Å². The van der Waals surface area contributed by atoms with Crippen molar-refractivity contribution in [3.8, 4) is 0 Å². The first kappa shape index (κ1) is 13.1. The molecule has 5 heteroatoms. The van der Waals surface area contributed by atoms with Crippen molar-refractivity contribution < 1.29 is 4.79 Å². The Labute approximate surface area is 108 Å². The Morgan fingerprint density at radius 2 is 2.06 bits per heavy atom. The Hall–Kier alpha value is -1.39. The predicted molar refractivity (Wildman–Crippen MR) is 69.3 cm³/mol. The third-order valence-electron chi connectivity index (χ3n) is 3.83. The molecule has 0 aliphatic heterocycles. The molecule has 1 fully saturated rings. The number of aromatic nitrogens is 3. The molecule has 0 radical (unpaired) electrons. The van der Waals surface area contributed by atoms with E-state index in [9.17, 15) is 4.79 Å². The van der Waals surface area contributed by atoms with Gasteiger partial charge in [0.1, 0.15) is 5.82 Å². The quantitative estimate of drug-likeness (QED) is 0.859. The SMILES string of the molecule is CCc1nc(C(=O)NC2CCC(CC)CC2)n[nH]1. The van der Waals surface area contributed by atoms with E-state index in [1.165, 1.54) is 19.3 Å². The number of carbonyl (C=O) groups is 1. The van der Waals surface area contributed by atoms with Crippen LogP contribution in [0.4, 0.5) is 0 Å². The van der Waals surface area contributed by atoms with Gasteiger partial charge in [-0.15, -0.1) is 5.10 Å². The molecule has 1 aromatic heterocycles. The first-order valence-corrected chi connectivity index (χ1v) is 6.95. The number of hydrogen-bond acceptors (Lipinski definition) is 3. The highest BCUT2D eigenvalue weighted by molar-refractivity contribution is 5.90. The molecule has 1 aromatic rings. The minimum Gasteiger partial charge on any atom is -0.347 e. The van der Waals surface area contributed by atoms with E-state index in [-0.39, 0.29) is 11.7 Å². The fraction of sp³-hybridized carbons (Fsp3) is 0.769. The zero-order valence-electron chi connectivity index (χ0n) is 11.2. The topological polar surface area (TPSA) is 70.7 Å². The number of H-pyrrole nitrogens is 1. The van der Waals surface area contributed by atoms with Gasteiger partial charge in [-0.1, -0.05) is 20.3 Å². The number of aromatic amines is 1. The molecule has 0 saturated heterocycles. The molecular weight excluding hydrogens is 228 g/mol. The fourth-order valence-corrected chi connectivity index (χ4v) is 2.52. The van der Waals surface area contributed by atoms with Gasteiger partial charge in [0.15, 0.2) is 0 Å². The first-order chi connectivity index (χ1) is 8.72. The summed E-state index contributed by atoms with van der Waals surface area (Å²) in [5.41, 5.74) is 0. The highest BCUT2D eigenvalue weighted by Gasteiger charge is 2.22. The van der Waals surface area contributed by atoms with Crippen LogP contribution in [0.1, 0.15) is 62.4 Å². The molecule has 0 atom stereocenters. The number of carbonyl (C=O) groups excluding carboxylic acids is 1. The molecule has 100 valence electrons. The standard InChI is InChI=1S/C13H22N4O/c1-3-9-5-7-10(8-6-9)14-13(18)12-15-11(4-2)16-17-12/h9-10H,3-8H2,1-2H3,(H,14,18)(H,15,16,17). The summed E-state index contributed by atoms with van der Waals surface area (Å²) >= 11 is 0. The van der Waals surface area contributed by atoms with Gasteiger partial charge >= 0.3 is 0 Å². The largest absolute Gasteiger partial charge is 0.347 e. The summed E-state index contributed by atoms with van der Waals surface area (Å²) < 4.78 is 0. The van der Waals surface area contributed by atoms with Crippen molar-refractivity contribution in [2.75, 3.05) is 0 Å². The van der Waals surface area contributed by atoms with Crippen molar-refractivity contribution in [1.29, 1.82) is 0 Å². The molecule has 1 amide bonds. The molecule has 18 heavy (non-hydrogen) atoms. The second kappa shape index (κ2) is 5.98. The highest BCUT2D eigenvalue weighted by atomic mass is 16.2.